The number of carbonyl (C=O) groups is 2. The van der Waals surface area contributed by atoms with Crippen LogP contribution >= 0.6 is 0 Å². The smallest absolute Gasteiger partial charge is 0.417 e. The van der Waals surface area contributed by atoms with Crippen LogP contribution in [0.4, 0.5) is 21.0 Å². The van der Waals surface area contributed by atoms with Gasteiger partial charge in [-0.3, -0.25) is 10.6 Å². The van der Waals surface area contributed by atoms with Crippen molar-refractivity contribution in [1.29, 1.82) is 0 Å². The molecule has 2 N–H and O–H groups in total. The lowest BCUT2D eigenvalue weighted by atomic mass is 10.3. The second-order valence-electron chi connectivity index (χ2n) is 5.91. The fourth-order valence-electron chi connectivity index (χ4n) is 2.57. The first-order valence-electron chi connectivity index (χ1n) is 8.93. The molecule has 0 radical (unpaired) electrons. The van der Waals surface area contributed by atoms with Crippen LogP contribution in [0, 0.1) is 0 Å². The highest BCUT2D eigenvalue weighted by Crippen LogP contribution is 2.27. The molecule has 0 aliphatic carbocycles. The average molecular weight is 408 g/mol. The van der Waals surface area contributed by atoms with Gasteiger partial charge in [0.05, 0.1) is 14.2 Å². The van der Waals surface area contributed by atoms with Gasteiger partial charge in [0.15, 0.2) is 23.0 Å². The van der Waals surface area contributed by atoms with Gasteiger partial charge >= 0.3 is 12.2 Å². The van der Waals surface area contributed by atoms with E-state index >= 15 is 0 Å². The highest BCUT2D eigenvalue weighted by atomic mass is 16.6. The van der Waals surface area contributed by atoms with Crippen LogP contribution < -0.4 is 29.6 Å². The molecule has 0 spiro atoms. The Morgan fingerprint density at radius 2 is 1.00 bits per heavy atom. The van der Waals surface area contributed by atoms with E-state index in [9.17, 15) is 9.59 Å². The zero-order valence-corrected chi connectivity index (χ0v) is 16.4. The van der Waals surface area contributed by atoms with Gasteiger partial charge in [0, 0.05) is 11.4 Å². The summed E-state index contributed by atoms with van der Waals surface area (Å²) in [5, 5.41) is 5.19. The number of para-hydroxylation sites is 4. The molecule has 2 amide bonds. The topological polar surface area (TPSA) is 95.1 Å². The van der Waals surface area contributed by atoms with Gasteiger partial charge in [-0.2, -0.15) is 0 Å². The third-order valence-corrected chi connectivity index (χ3v) is 3.90. The van der Waals surface area contributed by atoms with E-state index in [0.29, 0.717) is 22.9 Å². The van der Waals surface area contributed by atoms with Crippen LogP contribution in [0.25, 0.3) is 0 Å². The summed E-state index contributed by atoms with van der Waals surface area (Å²) in [7, 11) is 2.97. The summed E-state index contributed by atoms with van der Waals surface area (Å²) in [4.78, 5) is 24.4. The fourth-order valence-corrected chi connectivity index (χ4v) is 2.57. The maximum absolute atomic E-state index is 12.2. The minimum absolute atomic E-state index is 0.284. The van der Waals surface area contributed by atoms with Crippen molar-refractivity contribution in [2.45, 2.75) is 0 Å². The average Bonchev–Trinajstić information content (AvgIpc) is 2.74. The number of amides is 2. The van der Waals surface area contributed by atoms with Crippen LogP contribution in [-0.4, -0.2) is 26.4 Å². The Balaban J connectivity index is 1.61. The first-order chi connectivity index (χ1) is 14.6. The Kier molecular flexibility index (Phi) is 6.73. The molecule has 0 saturated carbocycles. The summed E-state index contributed by atoms with van der Waals surface area (Å²) in [6, 6.07) is 20.1. The van der Waals surface area contributed by atoms with Gasteiger partial charge in [0.2, 0.25) is 0 Å². The lowest BCUT2D eigenvalue weighted by molar-refractivity contribution is 0.212. The van der Waals surface area contributed by atoms with Crippen LogP contribution in [0.1, 0.15) is 0 Å². The van der Waals surface area contributed by atoms with Gasteiger partial charge in [-0.05, 0) is 42.5 Å². The SMILES string of the molecule is COc1ccccc1OC(=O)Nc1cccc(NC(=O)Oc2ccccc2OC)c1. The van der Waals surface area contributed by atoms with Crippen molar-refractivity contribution in [3.63, 3.8) is 0 Å². The zero-order chi connectivity index (χ0) is 21.3. The molecule has 3 rings (SSSR count). The number of anilines is 2. The summed E-state index contributed by atoms with van der Waals surface area (Å²) in [6.07, 6.45) is -1.40. The second kappa shape index (κ2) is 9.83. The molecule has 8 nitrogen and oxygen atoms in total. The third-order valence-electron chi connectivity index (χ3n) is 3.90. The third kappa shape index (κ3) is 5.41. The van der Waals surface area contributed by atoms with E-state index in [-0.39, 0.29) is 11.5 Å². The number of methoxy groups -OCH3 is 2. The highest BCUT2D eigenvalue weighted by Gasteiger charge is 2.12. The lowest BCUT2D eigenvalue weighted by Gasteiger charge is -2.12. The first-order valence-corrected chi connectivity index (χ1v) is 8.93. The number of carbonyl (C=O) groups excluding carboxylic acids is 2. The van der Waals surface area contributed by atoms with Gasteiger partial charge in [0.25, 0.3) is 0 Å². The molecule has 0 unspecified atom stereocenters. The molecule has 3 aromatic carbocycles. The van der Waals surface area contributed by atoms with Crippen LogP contribution in [0.2, 0.25) is 0 Å². The normalized spacial score (nSPS) is 9.93. The predicted octanol–water partition coefficient (Wildman–Crippen LogP) is 4.93. The molecule has 0 heterocycles. The summed E-state index contributed by atoms with van der Waals surface area (Å²) < 4.78 is 20.8. The van der Waals surface area contributed by atoms with Crippen molar-refractivity contribution in [3.05, 3.63) is 72.8 Å². The zero-order valence-electron chi connectivity index (χ0n) is 16.4. The van der Waals surface area contributed by atoms with E-state index in [0.717, 1.165) is 0 Å². The summed E-state index contributed by atoms with van der Waals surface area (Å²) in [6.45, 7) is 0. The maximum atomic E-state index is 12.2. The van der Waals surface area contributed by atoms with Gasteiger partial charge in [-0.25, -0.2) is 9.59 Å². The minimum Gasteiger partial charge on any atom is -0.493 e. The van der Waals surface area contributed by atoms with Crippen LogP contribution in [-0.2, 0) is 0 Å². The highest BCUT2D eigenvalue weighted by molar-refractivity contribution is 5.90. The fraction of sp³-hybridized carbons (Fsp3) is 0.0909. The standard InChI is InChI=1S/C22H20N2O6/c1-27-17-10-3-5-12-19(17)29-21(25)23-15-8-7-9-16(14-15)24-22(26)30-20-13-6-4-11-18(20)28-2/h3-14H,1-2H3,(H,23,25)(H,24,26). The van der Waals surface area contributed by atoms with Gasteiger partial charge in [-0.1, -0.05) is 30.3 Å². The monoisotopic (exact) mass is 408 g/mol. The maximum Gasteiger partial charge on any atom is 0.417 e. The van der Waals surface area contributed by atoms with Crippen molar-refractivity contribution in [2.24, 2.45) is 0 Å². The molecule has 0 aliphatic heterocycles. The lowest BCUT2D eigenvalue weighted by Crippen LogP contribution is -2.18. The van der Waals surface area contributed by atoms with E-state index in [1.807, 2.05) is 0 Å². The summed E-state index contributed by atoms with van der Waals surface area (Å²) in [5.41, 5.74) is 0.843. The van der Waals surface area contributed by atoms with E-state index in [1.165, 1.54) is 14.2 Å². The molecule has 0 fully saturated rings. The molecular weight excluding hydrogens is 388 g/mol. The van der Waals surface area contributed by atoms with Gasteiger partial charge < -0.3 is 18.9 Å². The molecule has 0 atom stereocenters. The summed E-state index contributed by atoms with van der Waals surface area (Å²) in [5.74, 6) is 1.43. The van der Waals surface area contributed by atoms with E-state index in [2.05, 4.69) is 10.6 Å². The Morgan fingerprint density at radius 1 is 0.600 bits per heavy atom. The molecule has 0 saturated heterocycles. The molecule has 8 heteroatoms. The Hall–Kier alpha value is -4.20. The molecule has 0 aromatic heterocycles. The predicted molar refractivity (Wildman–Crippen MR) is 112 cm³/mol. The Morgan fingerprint density at radius 3 is 1.40 bits per heavy atom. The Bertz CT molecular complexity index is 959. The molecule has 3 aromatic rings. The number of rotatable bonds is 6. The second-order valence-corrected chi connectivity index (χ2v) is 5.91. The van der Waals surface area contributed by atoms with Crippen molar-refractivity contribution < 1.29 is 28.5 Å². The van der Waals surface area contributed by atoms with Gasteiger partial charge in [0.1, 0.15) is 0 Å². The number of benzene rings is 3. The number of nitrogens with one attached hydrogen (secondary N) is 2. The van der Waals surface area contributed by atoms with Crippen LogP contribution in [0.3, 0.4) is 0 Å². The van der Waals surface area contributed by atoms with Crippen molar-refractivity contribution >= 4 is 23.6 Å². The summed E-state index contributed by atoms with van der Waals surface area (Å²) >= 11 is 0. The molecule has 0 aliphatic rings. The van der Waals surface area contributed by atoms with Crippen molar-refractivity contribution in [1.82, 2.24) is 0 Å². The van der Waals surface area contributed by atoms with Crippen LogP contribution in [0.15, 0.2) is 72.8 Å². The number of hydrogen-bond donors (Lipinski definition) is 2. The minimum atomic E-state index is -0.701. The molecule has 0 bridgehead atoms. The number of hydrogen-bond acceptors (Lipinski definition) is 6. The molecule has 30 heavy (non-hydrogen) atoms. The van der Waals surface area contributed by atoms with E-state index in [4.69, 9.17) is 18.9 Å². The Labute approximate surface area is 173 Å². The first kappa shape index (κ1) is 20.5. The van der Waals surface area contributed by atoms with Crippen molar-refractivity contribution in [3.8, 4) is 23.0 Å². The quantitative estimate of drug-likeness (QED) is 0.601. The van der Waals surface area contributed by atoms with Gasteiger partial charge in [-0.15, -0.1) is 0 Å². The van der Waals surface area contributed by atoms with E-state index < -0.39 is 12.2 Å². The molecular formula is C22H20N2O6. The van der Waals surface area contributed by atoms with E-state index in [1.54, 1.807) is 72.8 Å². The van der Waals surface area contributed by atoms with Crippen molar-refractivity contribution in [2.75, 3.05) is 24.9 Å². The largest absolute Gasteiger partial charge is 0.493 e. The van der Waals surface area contributed by atoms with Crippen LogP contribution in [0.5, 0.6) is 23.0 Å². The number of ether oxygens (including phenoxy) is 4. The molecule has 154 valence electrons.